The molecule has 0 aliphatic rings. The first-order valence-electron chi connectivity index (χ1n) is 9.39. The van der Waals surface area contributed by atoms with E-state index in [0.717, 1.165) is 34.9 Å². The average Bonchev–Trinajstić information content (AvgIpc) is 3.00. The molecule has 29 heavy (non-hydrogen) atoms. The van der Waals surface area contributed by atoms with Crippen LogP contribution in [0.15, 0.2) is 45.1 Å². The van der Waals surface area contributed by atoms with Gasteiger partial charge in [0, 0.05) is 30.1 Å². The minimum atomic E-state index is -3.68. The van der Waals surface area contributed by atoms with Crippen LogP contribution in [0.5, 0.6) is 0 Å². The Hall–Kier alpha value is -0.480. The number of aryl methyl sites for hydroxylation is 1. The summed E-state index contributed by atoms with van der Waals surface area (Å²) in [5.41, 5.74) is 1.16. The Kier molecular flexibility index (Phi) is 9.15. The van der Waals surface area contributed by atoms with Crippen LogP contribution in [0.25, 0.3) is 0 Å². The lowest BCUT2D eigenvalue weighted by Crippen LogP contribution is -2.46. The van der Waals surface area contributed by atoms with Gasteiger partial charge in [-0.1, -0.05) is 41.9 Å². The van der Waals surface area contributed by atoms with Crippen LogP contribution in [0.1, 0.15) is 32.3 Å². The van der Waals surface area contributed by atoms with Crippen molar-refractivity contribution in [3.05, 3.63) is 50.8 Å². The maximum absolute atomic E-state index is 12.6. The lowest BCUT2D eigenvalue weighted by molar-refractivity contribution is 0.138. The first-order chi connectivity index (χ1) is 13.5. The number of aliphatic hydroxyl groups is 1. The van der Waals surface area contributed by atoms with Gasteiger partial charge in [0.25, 0.3) is 10.0 Å². The predicted molar refractivity (Wildman–Crippen MR) is 124 cm³/mol. The van der Waals surface area contributed by atoms with Crippen LogP contribution in [0.4, 0.5) is 0 Å². The molecule has 0 amide bonds. The zero-order chi connectivity index (χ0) is 21.7. The van der Waals surface area contributed by atoms with E-state index < -0.39 is 16.1 Å². The SMILES string of the molecule is CN(CC(O)CNC(C)(C)CCCc1ccccc1)S(=O)(=O)c1cc(Br)c(Cl)s1. The Balaban J connectivity index is 1.80. The maximum atomic E-state index is 12.6. The Morgan fingerprint density at radius 3 is 2.55 bits per heavy atom. The number of hydrogen-bond donors (Lipinski definition) is 2. The summed E-state index contributed by atoms with van der Waals surface area (Å²) in [5, 5.41) is 13.7. The highest BCUT2D eigenvalue weighted by molar-refractivity contribution is 9.10. The van der Waals surface area contributed by atoms with Crippen molar-refractivity contribution in [2.45, 2.75) is 49.0 Å². The van der Waals surface area contributed by atoms with Crippen molar-refractivity contribution in [3.8, 4) is 0 Å². The molecule has 0 aliphatic carbocycles. The highest BCUT2D eigenvalue weighted by Gasteiger charge is 2.27. The predicted octanol–water partition coefficient (Wildman–Crippen LogP) is 4.54. The minimum Gasteiger partial charge on any atom is -0.390 e. The largest absolute Gasteiger partial charge is 0.390 e. The van der Waals surface area contributed by atoms with E-state index in [1.807, 2.05) is 18.2 Å². The topological polar surface area (TPSA) is 69.6 Å². The summed E-state index contributed by atoms with van der Waals surface area (Å²) in [5.74, 6) is 0. The second-order valence-electron chi connectivity index (χ2n) is 7.73. The Bertz CT molecular complexity index is 869. The van der Waals surface area contributed by atoms with Crippen molar-refractivity contribution in [1.82, 2.24) is 9.62 Å². The number of sulfonamides is 1. The highest BCUT2D eigenvalue weighted by Crippen LogP contribution is 2.35. The molecule has 1 unspecified atom stereocenters. The van der Waals surface area contributed by atoms with Crippen LogP contribution in [-0.2, 0) is 16.4 Å². The summed E-state index contributed by atoms with van der Waals surface area (Å²) >= 11 is 10.2. The Morgan fingerprint density at radius 2 is 1.97 bits per heavy atom. The summed E-state index contributed by atoms with van der Waals surface area (Å²) in [6.45, 7) is 4.50. The molecule has 9 heteroatoms. The van der Waals surface area contributed by atoms with Crippen molar-refractivity contribution in [1.29, 1.82) is 0 Å². The zero-order valence-corrected chi connectivity index (χ0v) is 20.8. The molecule has 162 valence electrons. The number of thiophene rings is 1. The molecule has 5 nitrogen and oxygen atoms in total. The van der Waals surface area contributed by atoms with Gasteiger partial charge in [-0.2, -0.15) is 4.31 Å². The van der Waals surface area contributed by atoms with Crippen LogP contribution in [0.2, 0.25) is 4.34 Å². The molecule has 0 fully saturated rings. The van der Waals surface area contributed by atoms with Gasteiger partial charge < -0.3 is 10.4 Å². The number of nitrogens with one attached hydrogen (secondary N) is 1. The third-order valence-corrected chi connectivity index (χ3v) is 9.43. The zero-order valence-electron chi connectivity index (χ0n) is 16.9. The van der Waals surface area contributed by atoms with Gasteiger partial charge in [-0.3, -0.25) is 0 Å². The van der Waals surface area contributed by atoms with Gasteiger partial charge in [0.05, 0.1) is 6.10 Å². The normalized spacial score (nSPS) is 13.8. The molecule has 1 aromatic heterocycles. The van der Waals surface area contributed by atoms with Gasteiger partial charge in [0.15, 0.2) is 0 Å². The number of nitrogens with zero attached hydrogens (tertiary/aromatic N) is 1. The monoisotopic (exact) mass is 522 g/mol. The molecule has 2 aromatic rings. The second-order valence-corrected chi connectivity index (χ2v) is 12.5. The molecule has 0 radical (unpaired) electrons. The summed E-state index contributed by atoms with van der Waals surface area (Å²) in [7, 11) is -2.22. The molecule has 0 saturated heterocycles. The van der Waals surface area contributed by atoms with Crippen LogP contribution in [0.3, 0.4) is 0 Å². The minimum absolute atomic E-state index is 0.00255. The highest BCUT2D eigenvalue weighted by atomic mass is 79.9. The molecule has 1 atom stereocenters. The second kappa shape index (κ2) is 10.7. The molecule has 0 saturated carbocycles. The number of halogens is 2. The number of aliphatic hydroxyl groups excluding tert-OH is 1. The van der Waals surface area contributed by atoms with E-state index in [1.165, 1.54) is 18.7 Å². The molecular formula is C20H28BrClN2O3S2. The van der Waals surface area contributed by atoms with Gasteiger partial charge in [0.1, 0.15) is 8.55 Å². The van der Waals surface area contributed by atoms with E-state index in [0.29, 0.717) is 15.4 Å². The van der Waals surface area contributed by atoms with Crippen molar-refractivity contribution in [3.63, 3.8) is 0 Å². The van der Waals surface area contributed by atoms with Crippen LogP contribution >= 0.6 is 38.9 Å². The fraction of sp³-hybridized carbons (Fsp3) is 0.500. The molecule has 2 N–H and O–H groups in total. The van der Waals surface area contributed by atoms with E-state index >= 15 is 0 Å². The number of likely N-dealkylation sites (N-methyl/N-ethyl adjacent to an activating group) is 1. The molecule has 2 rings (SSSR count). The van der Waals surface area contributed by atoms with E-state index in [9.17, 15) is 13.5 Å². The number of rotatable bonds is 11. The fourth-order valence-electron chi connectivity index (χ4n) is 2.93. The van der Waals surface area contributed by atoms with Crippen molar-refractivity contribution < 1.29 is 13.5 Å². The van der Waals surface area contributed by atoms with Gasteiger partial charge in [0.2, 0.25) is 0 Å². The van der Waals surface area contributed by atoms with Crippen LogP contribution in [-0.4, -0.2) is 49.6 Å². The third kappa shape index (κ3) is 7.61. The lowest BCUT2D eigenvalue weighted by Gasteiger charge is -2.29. The van der Waals surface area contributed by atoms with Crippen molar-refractivity contribution >= 4 is 48.9 Å². The average molecular weight is 524 g/mol. The van der Waals surface area contributed by atoms with Gasteiger partial charge in [-0.05, 0) is 60.7 Å². The van der Waals surface area contributed by atoms with Gasteiger partial charge >= 0.3 is 0 Å². The van der Waals surface area contributed by atoms with Gasteiger partial charge in [-0.15, -0.1) is 11.3 Å². The van der Waals surface area contributed by atoms with E-state index in [4.69, 9.17) is 11.6 Å². The summed E-state index contributed by atoms with van der Waals surface area (Å²) in [6, 6.07) is 11.8. The molecule has 0 aliphatic heterocycles. The van der Waals surface area contributed by atoms with Crippen LogP contribution < -0.4 is 5.32 Å². The summed E-state index contributed by atoms with van der Waals surface area (Å²) in [6.07, 6.45) is 2.17. The lowest BCUT2D eigenvalue weighted by atomic mass is 9.95. The van der Waals surface area contributed by atoms with E-state index in [-0.39, 0.29) is 16.3 Å². The third-order valence-electron chi connectivity index (χ3n) is 4.68. The molecule has 0 bridgehead atoms. The number of benzene rings is 1. The molecule has 0 spiro atoms. The van der Waals surface area contributed by atoms with Gasteiger partial charge in [-0.25, -0.2) is 8.42 Å². The van der Waals surface area contributed by atoms with Crippen molar-refractivity contribution in [2.75, 3.05) is 20.1 Å². The molecule has 1 aromatic carbocycles. The number of β-amino-alcohol motifs (C(OH)–C–C–N with tert-alkyl or cyclic N) is 1. The smallest absolute Gasteiger partial charge is 0.252 e. The first-order valence-corrected chi connectivity index (χ1v) is 12.8. The molecular weight excluding hydrogens is 496 g/mol. The molecule has 1 heterocycles. The van der Waals surface area contributed by atoms with Crippen LogP contribution in [0, 0.1) is 0 Å². The van der Waals surface area contributed by atoms with Crippen molar-refractivity contribution in [2.24, 2.45) is 0 Å². The van der Waals surface area contributed by atoms with E-state index in [2.05, 4.69) is 47.2 Å². The Labute approximate surface area is 191 Å². The first kappa shape index (κ1) is 24.8. The number of hydrogen-bond acceptors (Lipinski definition) is 5. The summed E-state index contributed by atoms with van der Waals surface area (Å²) < 4.78 is 27.5. The quantitative estimate of drug-likeness (QED) is 0.454. The fourth-order valence-corrected chi connectivity index (χ4v) is 6.65. The Morgan fingerprint density at radius 1 is 1.31 bits per heavy atom. The summed E-state index contributed by atoms with van der Waals surface area (Å²) in [4.78, 5) is 0. The standard InChI is InChI=1S/C20H28BrClN2O3S2/c1-20(2,11-7-10-15-8-5-4-6-9-15)23-13-16(25)14-24(3)29(26,27)18-12-17(21)19(22)28-18/h4-6,8-9,12,16,23,25H,7,10-11,13-14H2,1-3H3. The van der Waals surface area contributed by atoms with E-state index in [1.54, 1.807) is 0 Å². The maximum Gasteiger partial charge on any atom is 0.252 e.